The summed E-state index contributed by atoms with van der Waals surface area (Å²) in [5.41, 5.74) is 5.09. The Balaban J connectivity index is 2.03. The van der Waals surface area contributed by atoms with Gasteiger partial charge >= 0.3 is 0 Å². The summed E-state index contributed by atoms with van der Waals surface area (Å²) >= 11 is 0. The molecule has 0 radical (unpaired) electrons. The minimum absolute atomic E-state index is 0.271. The van der Waals surface area contributed by atoms with Crippen LogP contribution in [-0.2, 0) is 10.0 Å². The molecule has 26 heavy (non-hydrogen) atoms. The number of rotatable bonds is 5. The SMILES string of the molecule is Cc1ccc([C@H](NS(=O)(=O)c2ccc(C)cc2)c2cccc(C)c2)cc1. The molecular formula is C22H23NO2S. The van der Waals surface area contributed by atoms with Gasteiger partial charge in [0.05, 0.1) is 10.9 Å². The van der Waals surface area contributed by atoms with Gasteiger partial charge in [0.2, 0.25) is 10.0 Å². The van der Waals surface area contributed by atoms with Crippen LogP contribution in [0.15, 0.2) is 77.7 Å². The van der Waals surface area contributed by atoms with E-state index in [0.29, 0.717) is 0 Å². The zero-order valence-corrected chi connectivity index (χ0v) is 16.0. The number of nitrogens with one attached hydrogen (secondary N) is 1. The molecule has 1 N–H and O–H groups in total. The lowest BCUT2D eigenvalue weighted by molar-refractivity contribution is 0.572. The van der Waals surface area contributed by atoms with E-state index in [0.717, 1.165) is 27.8 Å². The van der Waals surface area contributed by atoms with Gasteiger partial charge in [-0.25, -0.2) is 8.42 Å². The molecule has 3 aromatic rings. The molecule has 4 heteroatoms. The van der Waals surface area contributed by atoms with Crippen molar-refractivity contribution in [2.75, 3.05) is 0 Å². The lowest BCUT2D eigenvalue weighted by atomic mass is 9.97. The van der Waals surface area contributed by atoms with Gasteiger partial charge in [0.25, 0.3) is 0 Å². The summed E-state index contributed by atoms with van der Waals surface area (Å²) in [7, 11) is -3.65. The second-order valence-electron chi connectivity index (χ2n) is 6.69. The van der Waals surface area contributed by atoms with Crippen LogP contribution in [0.25, 0.3) is 0 Å². The quantitative estimate of drug-likeness (QED) is 0.713. The molecule has 0 amide bonds. The molecular weight excluding hydrogens is 342 g/mol. The second kappa shape index (κ2) is 7.44. The monoisotopic (exact) mass is 365 g/mol. The first-order valence-electron chi connectivity index (χ1n) is 8.57. The molecule has 0 heterocycles. The molecule has 1 atom stereocenters. The van der Waals surface area contributed by atoms with Gasteiger partial charge in [-0.1, -0.05) is 77.4 Å². The van der Waals surface area contributed by atoms with Crippen molar-refractivity contribution in [2.24, 2.45) is 0 Å². The minimum atomic E-state index is -3.65. The molecule has 134 valence electrons. The molecule has 0 aromatic heterocycles. The summed E-state index contributed by atoms with van der Waals surface area (Å²) < 4.78 is 28.8. The highest BCUT2D eigenvalue weighted by Crippen LogP contribution is 2.26. The average Bonchev–Trinajstić information content (AvgIpc) is 2.61. The van der Waals surface area contributed by atoms with Crippen LogP contribution in [0.2, 0.25) is 0 Å². The molecule has 0 spiro atoms. The molecule has 0 fully saturated rings. The van der Waals surface area contributed by atoms with E-state index in [2.05, 4.69) is 4.72 Å². The number of sulfonamides is 1. The summed E-state index contributed by atoms with van der Waals surface area (Å²) in [6, 6.07) is 22.3. The van der Waals surface area contributed by atoms with E-state index in [-0.39, 0.29) is 4.90 Å². The van der Waals surface area contributed by atoms with Gasteiger partial charge < -0.3 is 0 Å². The Morgan fingerprint density at radius 1 is 0.692 bits per heavy atom. The van der Waals surface area contributed by atoms with Gasteiger partial charge in [-0.2, -0.15) is 4.72 Å². The first-order valence-corrected chi connectivity index (χ1v) is 10.1. The summed E-state index contributed by atoms with van der Waals surface area (Å²) in [6.07, 6.45) is 0. The van der Waals surface area contributed by atoms with E-state index in [1.54, 1.807) is 12.1 Å². The highest BCUT2D eigenvalue weighted by molar-refractivity contribution is 7.89. The first-order chi connectivity index (χ1) is 12.3. The van der Waals surface area contributed by atoms with Crippen molar-refractivity contribution in [1.82, 2.24) is 4.72 Å². The van der Waals surface area contributed by atoms with Crippen LogP contribution >= 0.6 is 0 Å². The van der Waals surface area contributed by atoms with Crippen molar-refractivity contribution in [3.63, 3.8) is 0 Å². The Morgan fingerprint density at radius 2 is 1.27 bits per heavy atom. The largest absolute Gasteiger partial charge is 0.241 e. The maximum absolute atomic E-state index is 12.9. The number of hydrogen-bond acceptors (Lipinski definition) is 2. The molecule has 0 aliphatic rings. The molecule has 0 bridgehead atoms. The Bertz CT molecular complexity index is 991. The van der Waals surface area contributed by atoms with Crippen LogP contribution in [0, 0.1) is 20.8 Å². The van der Waals surface area contributed by atoms with E-state index in [1.807, 2.05) is 81.4 Å². The van der Waals surface area contributed by atoms with E-state index in [9.17, 15) is 8.42 Å². The molecule has 3 nitrogen and oxygen atoms in total. The summed E-state index contributed by atoms with van der Waals surface area (Å²) in [5, 5.41) is 0. The van der Waals surface area contributed by atoms with E-state index in [4.69, 9.17) is 0 Å². The molecule has 0 aliphatic heterocycles. The second-order valence-corrected chi connectivity index (χ2v) is 8.41. The third-order valence-electron chi connectivity index (χ3n) is 4.39. The predicted molar refractivity (Wildman–Crippen MR) is 106 cm³/mol. The lowest BCUT2D eigenvalue weighted by Crippen LogP contribution is -2.29. The fraction of sp³-hybridized carbons (Fsp3) is 0.182. The summed E-state index contributed by atoms with van der Waals surface area (Å²) in [6.45, 7) is 5.96. The van der Waals surface area contributed by atoms with Crippen LogP contribution < -0.4 is 4.72 Å². The lowest BCUT2D eigenvalue weighted by Gasteiger charge is -2.20. The van der Waals surface area contributed by atoms with Crippen LogP contribution in [0.1, 0.15) is 33.9 Å². The normalized spacial score (nSPS) is 12.7. The maximum atomic E-state index is 12.9. The summed E-state index contributed by atoms with van der Waals surface area (Å²) in [5.74, 6) is 0. The first kappa shape index (κ1) is 18.4. The van der Waals surface area contributed by atoms with Crippen LogP contribution in [0.5, 0.6) is 0 Å². The standard InChI is InChI=1S/C22H23NO2S/c1-16-7-11-19(12-8-16)22(20-6-4-5-18(3)15-20)23-26(24,25)21-13-9-17(2)10-14-21/h4-15,22-23H,1-3H3/t22-/m0/s1. The predicted octanol–water partition coefficient (Wildman–Crippen LogP) is 4.68. The fourth-order valence-electron chi connectivity index (χ4n) is 2.88. The average molecular weight is 365 g/mol. The Kier molecular flexibility index (Phi) is 5.25. The highest BCUT2D eigenvalue weighted by atomic mass is 32.2. The molecule has 3 rings (SSSR count). The van der Waals surface area contributed by atoms with Crippen molar-refractivity contribution < 1.29 is 8.42 Å². The van der Waals surface area contributed by atoms with Crippen LogP contribution in [-0.4, -0.2) is 8.42 Å². The van der Waals surface area contributed by atoms with E-state index >= 15 is 0 Å². The molecule has 0 saturated heterocycles. The van der Waals surface area contributed by atoms with Gasteiger partial charge in [-0.3, -0.25) is 0 Å². The maximum Gasteiger partial charge on any atom is 0.241 e. The van der Waals surface area contributed by atoms with Gasteiger partial charge in [-0.05, 0) is 44.0 Å². The fourth-order valence-corrected chi connectivity index (χ4v) is 4.09. The van der Waals surface area contributed by atoms with E-state index in [1.165, 1.54) is 0 Å². The van der Waals surface area contributed by atoms with Crippen molar-refractivity contribution in [2.45, 2.75) is 31.7 Å². The van der Waals surface area contributed by atoms with Gasteiger partial charge in [0.15, 0.2) is 0 Å². The molecule has 3 aromatic carbocycles. The van der Waals surface area contributed by atoms with Gasteiger partial charge in [-0.15, -0.1) is 0 Å². The van der Waals surface area contributed by atoms with E-state index < -0.39 is 16.1 Å². The van der Waals surface area contributed by atoms with Crippen LogP contribution in [0.3, 0.4) is 0 Å². The van der Waals surface area contributed by atoms with Crippen molar-refractivity contribution in [3.8, 4) is 0 Å². The van der Waals surface area contributed by atoms with Crippen molar-refractivity contribution in [3.05, 3.63) is 101 Å². The number of hydrogen-bond donors (Lipinski definition) is 1. The third-order valence-corrected chi connectivity index (χ3v) is 5.83. The smallest absolute Gasteiger partial charge is 0.207 e. The Labute approximate surface area is 155 Å². The number of benzene rings is 3. The zero-order chi connectivity index (χ0) is 18.7. The zero-order valence-electron chi connectivity index (χ0n) is 15.2. The Morgan fingerprint density at radius 3 is 1.85 bits per heavy atom. The van der Waals surface area contributed by atoms with Crippen molar-refractivity contribution >= 4 is 10.0 Å². The summed E-state index contributed by atoms with van der Waals surface area (Å²) in [4.78, 5) is 0.271. The van der Waals surface area contributed by atoms with Gasteiger partial charge in [0.1, 0.15) is 0 Å². The van der Waals surface area contributed by atoms with Gasteiger partial charge in [0, 0.05) is 0 Å². The molecule has 0 saturated carbocycles. The third kappa shape index (κ3) is 4.21. The minimum Gasteiger partial charge on any atom is -0.207 e. The Hall–Kier alpha value is -2.43. The highest BCUT2D eigenvalue weighted by Gasteiger charge is 2.23. The topological polar surface area (TPSA) is 46.2 Å². The number of aryl methyl sites for hydroxylation is 3. The molecule has 0 unspecified atom stereocenters. The van der Waals surface area contributed by atoms with Crippen LogP contribution in [0.4, 0.5) is 0 Å². The molecule has 0 aliphatic carbocycles. The van der Waals surface area contributed by atoms with Crippen molar-refractivity contribution in [1.29, 1.82) is 0 Å².